The van der Waals surface area contributed by atoms with Gasteiger partial charge in [-0.2, -0.15) is 0 Å². The molecule has 0 saturated heterocycles. The van der Waals surface area contributed by atoms with Crippen molar-refractivity contribution in [1.82, 2.24) is 0 Å². The fourth-order valence-electron chi connectivity index (χ4n) is 1.46. The standard InChI is InChI=1S/C12H13Cl3O2/c1-7(6-13)5-9-10(14)4-3-8(11(9)15)12(16)17-2/h3-4,7H,5-6H2,1-2H3. The first-order chi connectivity index (χ1) is 8.01. The van der Waals surface area contributed by atoms with Crippen LogP contribution in [0, 0.1) is 5.92 Å². The molecule has 1 aromatic carbocycles. The average molecular weight is 296 g/mol. The summed E-state index contributed by atoms with van der Waals surface area (Å²) >= 11 is 18.0. The summed E-state index contributed by atoms with van der Waals surface area (Å²) in [5, 5.41) is 0.890. The van der Waals surface area contributed by atoms with E-state index in [9.17, 15) is 4.79 Å². The third-order valence-corrected chi connectivity index (χ3v) is 3.72. The predicted molar refractivity (Wildman–Crippen MR) is 71.4 cm³/mol. The van der Waals surface area contributed by atoms with Gasteiger partial charge in [-0.15, -0.1) is 11.6 Å². The Labute approximate surface area is 116 Å². The van der Waals surface area contributed by atoms with E-state index in [1.807, 2.05) is 6.92 Å². The Balaban J connectivity index is 3.15. The van der Waals surface area contributed by atoms with Crippen molar-refractivity contribution in [2.24, 2.45) is 5.92 Å². The van der Waals surface area contributed by atoms with E-state index in [2.05, 4.69) is 4.74 Å². The minimum Gasteiger partial charge on any atom is -0.465 e. The van der Waals surface area contributed by atoms with Crippen LogP contribution >= 0.6 is 34.8 Å². The van der Waals surface area contributed by atoms with Gasteiger partial charge in [0.1, 0.15) is 0 Å². The number of ether oxygens (including phenoxy) is 1. The molecular weight excluding hydrogens is 282 g/mol. The summed E-state index contributed by atoms with van der Waals surface area (Å²) in [5.74, 6) is 0.278. The molecule has 17 heavy (non-hydrogen) atoms. The molecule has 0 aliphatic rings. The number of methoxy groups -OCH3 is 1. The number of alkyl halides is 1. The van der Waals surface area contributed by atoms with Gasteiger partial charge >= 0.3 is 5.97 Å². The van der Waals surface area contributed by atoms with Crippen LogP contribution in [0.3, 0.4) is 0 Å². The molecule has 0 aromatic heterocycles. The van der Waals surface area contributed by atoms with Gasteiger partial charge in [0.15, 0.2) is 0 Å². The lowest BCUT2D eigenvalue weighted by Crippen LogP contribution is -2.07. The number of benzene rings is 1. The highest BCUT2D eigenvalue weighted by atomic mass is 35.5. The van der Waals surface area contributed by atoms with E-state index in [4.69, 9.17) is 34.8 Å². The van der Waals surface area contributed by atoms with Crippen molar-refractivity contribution in [3.8, 4) is 0 Å². The summed E-state index contributed by atoms with van der Waals surface area (Å²) in [6.07, 6.45) is 0.631. The van der Waals surface area contributed by atoms with Crippen LogP contribution in [0.1, 0.15) is 22.8 Å². The molecule has 1 atom stereocenters. The molecule has 1 aromatic rings. The van der Waals surface area contributed by atoms with Gasteiger partial charge in [-0.05, 0) is 30.0 Å². The lowest BCUT2D eigenvalue weighted by Gasteiger charge is -2.13. The Bertz CT molecular complexity index is 418. The molecule has 1 unspecified atom stereocenters. The minimum atomic E-state index is -0.466. The molecule has 0 spiro atoms. The maximum Gasteiger partial charge on any atom is 0.339 e. The first kappa shape index (κ1) is 14.6. The van der Waals surface area contributed by atoms with Crippen molar-refractivity contribution < 1.29 is 9.53 Å². The Kier molecular flexibility index (Phi) is 5.57. The van der Waals surface area contributed by atoms with E-state index in [0.717, 1.165) is 5.56 Å². The Hall–Kier alpha value is -0.440. The zero-order chi connectivity index (χ0) is 13.0. The first-order valence-corrected chi connectivity index (χ1v) is 6.41. The zero-order valence-corrected chi connectivity index (χ0v) is 11.9. The Morgan fingerprint density at radius 2 is 2.06 bits per heavy atom. The van der Waals surface area contributed by atoms with Crippen molar-refractivity contribution in [1.29, 1.82) is 0 Å². The minimum absolute atomic E-state index is 0.236. The first-order valence-electron chi connectivity index (χ1n) is 5.12. The van der Waals surface area contributed by atoms with Crippen molar-refractivity contribution in [2.75, 3.05) is 13.0 Å². The smallest absolute Gasteiger partial charge is 0.339 e. The SMILES string of the molecule is COC(=O)c1ccc(Cl)c(CC(C)CCl)c1Cl. The number of carbonyl (C=O) groups is 1. The summed E-state index contributed by atoms with van der Waals surface area (Å²) in [4.78, 5) is 11.5. The molecule has 0 aliphatic heterocycles. The maximum atomic E-state index is 11.5. The second-order valence-electron chi connectivity index (χ2n) is 3.84. The summed E-state index contributed by atoms with van der Waals surface area (Å²) in [5.41, 5.74) is 1.07. The Morgan fingerprint density at radius 1 is 1.41 bits per heavy atom. The molecule has 0 N–H and O–H groups in total. The van der Waals surface area contributed by atoms with Gasteiger partial charge in [0.2, 0.25) is 0 Å². The largest absolute Gasteiger partial charge is 0.465 e. The second-order valence-corrected chi connectivity index (χ2v) is 4.94. The Morgan fingerprint density at radius 3 is 2.59 bits per heavy atom. The number of esters is 1. The molecule has 0 amide bonds. The average Bonchev–Trinajstić information content (AvgIpc) is 2.33. The molecule has 5 heteroatoms. The number of hydrogen-bond acceptors (Lipinski definition) is 2. The van der Waals surface area contributed by atoms with Crippen LogP contribution in [-0.2, 0) is 11.2 Å². The van der Waals surface area contributed by atoms with Crippen molar-refractivity contribution >= 4 is 40.8 Å². The maximum absolute atomic E-state index is 11.5. The lowest BCUT2D eigenvalue weighted by molar-refractivity contribution is 0.0601. The molecule has 2 nitrogen and oxygen atoms in total. The van der Waals surface area contributed by atoms with Crippen LogP contribution in [0.4, 0.5) is 0 Å². The van der Waals surface area contributed by atoms with E-state index in [1.165, 1.54) is 7.11 Å². The van der Waals surface area contributed by atoms with Crippen molar-refractivity contribution in [3.63, 3.8) is 0 Å². The van der Waals surface area contributed by atoms with Crippen LogP contribution < -0.4 is 0 Å². The topological polar surface area (TPSA) is 26.3 Å². The van der Waals surface area contributed by atoms with Gasteiger partial charge in [-0.1, -0.05) is 30.1 Å². The van der Waals surface area contributed by atoms with Gasteiger partial charge in [0.25, 0.3) is 0 Å². The third kappa shape index (κ3) is 3.51. The second kappa shape index (κ2) is 6.48. The summed E-state index contributed by atoms with van der Waals surface area (Å²) in [7, 11) is 1.31. The summed E-state index contributed by atoms with van der Waals surface area (Å²) in [6, 6.07) is 3.21. The molecule has 0 heterocycles. The third-order valence-electron chi connectivity index (χ3n) is 2.41. The molecule has 0 radical (unpaired) electrons. The molecular formula is C12H13Cl3O2. The molecule has 94 valence electrons. The monoisotopic (exact) mass is 294 g/mol. The van der Waals surface area contributed by atoms with Crippen LogP contribution in [-0.4, -0.2) is 19.0 Å². The van der Waals surface area contributed by atoms with Crippen LogP contribution in [0.5, 0.6) is 0 Å². The molecule has 1 rings (SSSR count). The number of halogens is 3. The van der Waals surface area contributed by atoms with Crippen molar-refractivity contribution in [3.05, 3.63) is 33.3 Å². The van der Waals surface area contributed by atoms with Crippen LogP contribution in [0.15, 0.2) is 12.1 Å². The molecule has 0 fully saturated rings. The van der Waals surface area contributed by atoms with E-state index in [1.54, 1.807) is 12.1 Å². The number of carbonyl (C=O) groups excluding carboxylic acids is 1. The van der Waals surface area contributed by atoms with Gasteiger partial charge in [-0.25, -0.2) is 4.79 Å². The van der Waals surface area contributed by atoms with E-state index >= 15 is 0 Å². The highest BCUT2D eigenvalue weighted by Gasteiger charge is 2.17. The zero-order valence-electron chi connectivity index (χ0n) is 9.60. The van der Waals surface area contributed by atoms with Crippen LogP contribution in [0.2, 0.25) is 10.0 Å². The lowest BCUT2D eigenvalue weighted by atomic mass is 10.0. The number of rotatable bonds is 4. The summed E-state index contributed by atoms with van der Waals surface area (Å²) in [6.45, 7) is 1.99. The van der Waals surface area contributed by atoms with Crippen molar-refractivity contribution in [2.45, 2.75) is 13.3 Å². The van der Waals surface area contributed by atoms with Gasteiger partial charge in [-0.3, -0.25) is 0 Å². The highest BCUT2D eigenvalue weighted by molar-refractivity contribution is 6.38. The normalized spacial score (nSPS) is 12.3. The van der Waals surface area contributed by atoms with Crippen LogP contribution in [0.25, 0.3) is 0 Å². The summed E-state index contributed by atoms with van der Waals surface area (Å²) < 4.78 is 4.65. The predicted octanol–water partition coefficient (Wildman–Crippen LogP) is 4.20. The fourth-order valence-corrected chi connectivity index (χ4v) is 2.17. The number of hydrogen-bond donors (Lipinski definition) is 0. The van der Waals surface area contributed by atoms with Gasteiger partial charge in [0.05, 0.1) is 17.7 Å². The fraction of sp³-hybridized carbons (Fsp3) is 0.417. The molecule has 0 saturated carbocycles. The van der Waals surface area contributed by atoms with E-state index < -0.39 is 5.97 Å². The van der Waals surface area contributed by atoms with E-state index in [0.29, 0.717) is 27.9 Å². The van der Waals surface area contributed by atoms with Gasteiger partial charge in [0, 0.05) is 10.9 Å². The molecule has 0 bridgehead atoms. The van der Waals surface area contributed by atoms with E-state index in [-0.39, 0.29) is 5.92 Å². The molecule has 0 aliphatic carbocycles. The van der Waals surface area contributed by atoms with Gasteiger partial charge < -0.3 is 4.74 Å². The quantitative estimate of drug-likeness (QED) is 0.615. The highest BCUT2D eigenvalue weighted by Crippen LogP contribution is 2.31.